The van der Waals surface area contributed by atoms with Gasteiger partial charge in [-0.2, -0.15) is 0 Å². The van der Waals surface area contributed by atoms with E-state index in [1.165, 1.54) is 11.1 Å². The van der Waals surface area contributed by atoms with Gasteiger partial charge in [-0.1, -0.05) is 72.8 Å². The van der Waals surface area contributed by atoms with Crippen molar-refractivity contribution >= 4 is 5.91 Å². The number of fused-ring (bicyclic) bond motifs is 1. The highest BCUT2D eigenvalue weighted by molar-refractivity contribution is 5.78. The molecule has 7 nitrogen and oxygen atoms in total. The maximum atomic E-state index is 12.4. The van der Waals surface area contributed by atoms with E-state index in [0.717, 1.165) is 78.9 Å². The molecule has 0 unspecified atom stereocenters. The molecule has 1 heterocycles. The summed E-state index contributed by atoms with van der Waals surface area (Å²) in [6.07, 6.45) is 5.00. The van der Waals surface area contributed by atoms with E-state index in [1.54, 1.807) is 0 Å². The zero-order chi connectivity index (χ0) is 32.3. The van der Waals surface area contributed by atoms with Crippen LogP contribution in [0.25, 0.3) is 0 Å². The second-order valence-corrected chi connectivity index (χ2v) is 12.6. The van der Waals surface area contributed by atoms with Crippen molar-refractivity contribution in [2.24, 2.45) is 0 Å². The number of nitrogens with one attached hydrogen (secondary N) is 1. The number of aryl methyl sites for hydroxylation is 1. The van der Waals surface area contributed by atoms with Gasteiger partial charge in [-0.05, 0) is 96.2 Å². The molecule has 0 bridgehead atoms. The number of hydrogen-bond donors (Lipinski definition) is 2. The lowest BCUT2D eigenvalue weighted by Gasteiger charge is -2.27. The van der Waals surface area contributed by atoms with E-state index in [4.69, 9.17) is 14.2 Å². The molecular formula is C40H46N2O5. The first kappa shape index (κ1) is 32.8. The van der Waals surface area contributed by atoms with Crippen LogP contribution in [-0.2, 0) is 42.0 Å². The normalized spacial score (nSPS) is 16.4. The van der Waals surface area contributed by atoms with Gasteiger partial charge in [0.2, 0.25) is 0 Å². The Morgan fingerprint density at radius 1 is 0.851 bits per heavy atom. The van der Waals surface area contributed by atoms with Crippen molar-refractivity contribution in [3.8, 4) is 11.5 Å². The molecule has 246 valence electrons. The highest BCUT2D eigenvalue weighted by atomic mass is 16.5. The quantitative estimate of drug-likeness (QED) is 0.152. The van der Waals surface area contributed by atoms with E-state index < -0.39 is 6.10 Å². The maximum absolute atomic E-state index is 12.4. The molecular weight excluding hydrogens is 588 g/mol. The van der Waals surface area contributed by atoms with Gasteiger partial charge in [-0.3, -0.25) is 4.79 Å². The second kappa shape index (κ2) is 16.6. The fraction of sp³-hybridized carbons (Fsp3) is 0.375. The van der Waals surface area contributed by atoms with Crippen molar-refractivity contribution in [1.82, 2.24) is 10.2 Å². The largest absolute Gasteiger partial charge is 0.489 e. The van der Waals surface area contributed by atoms with Gasteiger partial charge in [0.05, 0.1) is 19.3 Å². The van der Waals surface area contributed by atoms with Gasteiger partial charge in [0, 0.05) is 25.7 Å². The first-order valence-electron chi connectivity index (χ1n) is 17.0. The van der Waals surface area contributed by atoms with Gasteiger partial charge < -0.3 is 29.5 Å². The Hall–Kier alpha value is -4.17. The van der Waals surface area contributed by atoms with Crippen molar-refractivity contribution in [3.05, 3.63) is 130 Å². The number of aliphatic hydroxyl groups is 1. The third kappa shape index (κ3) is 9.44. The number of rotatable bonds is 15. The number of nitrogens with zero attached hydrogens (tertiary/aromatic N) is 1. The topological polar surface area (TPSA) is 80.3 Å². The highest BCUT2D eigenvalue weighted by Crippen LogP contribution is 2.28. The van der Waals surface area contributed by atoms with Gasteiger partial charge >= 0.3 is 0 Å². The Labute approximate surface area is 278 Å². The molecule has 0 saturated carbocycles. The number of carbonyl (C=O) groups is 1. The molecule has 0 spiro atoms. The average molecular weight is 635 g/mol. The lowest BCUT2D eigenvalue weighted by molar-refractivity contribution is -0.132. The van der Waals surface area contributed by atoms with E-state index in [2.05, 4.69) is 47.8 Å². The summed E-state index contributed by atoms with van der Waals surface area (Å²) in [5.74, 6) is 1.62. The van der Waals surface area contributed by atoms with Gasteiger partial charge in [-0.15, -0.1) is 0 Å². The Bertz CT molecular complexity index is 1570. The van der Waals surface area contributed by atoms with E-state index >= 15 is 0 Å². The van der Waals surface area contributed by atoms with Crippen molar-refractivity contribution in [2.45, 2.75) is 63.9 Å². The van der Waals surface area contributed by atoms with E-state index in [1.807, 2.05) is 59.5 Å². The minimum atomic E-state index is -0.658. The van der Waals surface area contributed by atoms with Crippen molar-refractivity contribution < 1.29 is 24.1 Å². The van der Waals surface area contributed by atoms with Gasteiger partial charge in [0.1, 0.15) is 18.1 Å². The fourth-order valence-corrected chi connectivity index (χ4v) is 6.42. The van der Waals surface area contributed by atoms with Crippen LogP contribution in [0.15, 0.2) is 97.1 Å². The summed E-state index contributed by atoms with van der Waals surface area (Å²) < 4.78 is 18.1. The number of aliphatic hydroxyl groups excluding tert-OH is 1. The lowest BCUT2D eigenvalue weighted by atomic mass is 9.88. The third-order valence-electron chi connectivity index (χ3n) is 9.16. The molecule has 2 atom stereocenters. The van der Waals surface area contributed by atoms with Gasteiger partial charge in [0.25, 0.3) is 5.91 Å². The van der Waals surface area contributed by atoms with Crippen LogP contribution in [0, 0.1) is 0 Å². The third-order valence-corrected chi connectivity index (χ3v) is 9.16. The lowest BCUT2D eigenvalue weighted by Crippen LogP contribution is -2.37. The standard InChI is InChI=1S/C40H46N2O5/c43-38(26-41-36-16-13-32-14-17-37(25-35(32)24-36)46-29-40(44)42-20-7-8-21-42)33-15-18-39(47-28-31-11-5-2-6-12-31)34(23-33)19-22-45-27-30-9-3-1-4-10-30/h1-6,9-12,14-15,17-18,23,25,36,38,41,43H,7-8,13,16,19-22,24,26-29H2/t36-,38+/m0/s1. The number of likely N-dealkylation sites (tertiary alicyclic amines) is 1. The molecule has 1 aliphatic carbocycles. The van der Waals surface area contributed by atoms with Crippen LogP contribution < -0.4 is 14.8 Å². The second-order valence-electron chi connectivity index (χ2n) is 12.6. The number of ether oxygens (including phenoxy) is 3. The molecule has 6 rings (SSSR count). The highest BCUT2D eigenvalue weighted by Gasteiger charge is 2.22. The SMILES string of the molecule is O=C(COc1ccc2c(c1)C[C@@H](NC[C@@H](O)c1ccc(OCc3ccccc3)c(CCOCc3ccccc3)c1)CC2)N1CCCC1. The van der Waals surface area contributed by atoms with Crippen LogP contribution >= 0.6 is 0 Å². The van der Waals surface area contributed by atoms with Crippen LogP contribution in [-0.4, -0.2) is 54.8 Å². The van der Waals surface area contributed by atoms with Crippen molar-refractivity contribution in [1.29, 1.82) is 0 Å². The first-order chi connectivity index (χ1) is 23.1. The summed E-state index contributed by atoms with van der Waals surface area (Å²) in [5.41, 5.74) is 6.70. The van der Waals surface area contributed by atoms with Crippen LogP contribution in [0.1, 0.15) is 58.7 Å². The molecule has 4 aromatic carbocycles. The average Bonchev–Trinajstić information content (AvgIpc) is 3.67. The Balaban J connectivity index is 1.04. The molecule has 0 aromatic heterocycles. The summed E-state index contributed by atoms with van der Waals surface area (Å²) in [6, 6.07) is 32.7. The first-order valence-corrected chi connectivity index (χ1v) is 17.0. The van der Waals surface area contributed by atoms with Gasteiger partial charge in [-0.25, -0.2) is 0 Å². The number of carbonyl (C=O) groups excluding carboxylic acids is 1. The van der Waals surface area contributed by atoms with Crippen molar-refractivity contribution in [3.63, 3.8) is 0 Å². The molecule has 1 saturated heterocycles. The summed E-state index contributed by atoms with van der Waals surface area (Å²) in [7, 11) is 0. The summed E-state index contributed by atoms with van der Waals surface area (Å²) in [4.78, 5) is 14.3. The van der Waals surface area contributed by atoms with Crippen molar-refractivity contribution in [2.75, 3.05) is 32.8 Å². The summed E-state index contributed by atoms with van der Waals surface area (Å²) in [5, 5.41) is 14.9. The zero-order valence-corrected chi connectivity index (χ0v) is 27.1. The fourth-order valence-electron chi connectivity index (χ4n) is 6.42. The van der Waals surface area contributed by atoms with Crippen LogP contribution in [0.4, 0.5) is 0 Å². The maximum Gasteiger partial charge on any atom is 0.260 e. The van der Waals surface area contributed by atoms with Crippen LogP contribution in [0.3, 0.4) is 0 Å². The summed E-state index contributed by atoms with van der Waals surface area (Å²) >= 11 is 0. The van der Waals surface area contributed by atoms with E-state index in [9.17, 15) is 9.90 Å². The molecule has 1 aliphatic heterocycles. The summed E-state index contributed by atoms with van der Waals surface area (Å²) in [6.45, 7) is 3.80. The minimum Gasteiger partial charge on any atom is -0.489 e. The van der Waals surface area contributed by atoms with Crippen LogP contribution in [0.2, 0.25) is 0 Å². The molecule has 4 aromatic rings. The molecule has 47 heavy (non-hydrogen) atoms. The van der Waals surface area contributed by atoms with Crippen LogP contribution in [0.5, 0.6) is 11.5 Å². The minimum absolute atomic E-state index is 0.0624. The molecule has 7 heteroatoms. The number of amides is 1. The Kier molecular flexibility index (Phi) is 11.6. The molecule has 2 aliphatic rings. The zero-order valence-electron chi connectivity index (χ0n) is 27.1. The predicted octanol–water partition coefficient (Wildman–Crippen LogP) is 6.21. The van der Waals surface area contributed by atoms with E-state index in [0.29, 0.717) is 32.8 Å². The number of hydrogen-bond acceptors (Lipinski definition) is 6. The van der Waals surface area contributed by atoms with E-state index in [-0.39, 0.29) is 18.6 Å². The molecule has 0 radical (unpaired) electrons. The smallest absolute Gasteiger partial charge is 0.260 e. The predicted molar refractivity (Wildman–Crippen MR) is 184 cm³/mol. The van der Waals surface area contributed by atoms with Gasteiger partial charge in [0.15, 0.2) is 6.61 Å². The number of benzene rings is 4. The molecule has 2 N–H and O–H groups in total. The Morgan fingerprint density at radius 2 is 1.60 bits per heavy atom. The monoisotopic (exact) mass is 634 g/mol. The molecule has 1 amide bonds. The molecule has 1 fully saturated rings. The Morgan fingerprint density at radius 3 is 2.36 bits per heavy atom.